The van der Waals surface area contributed by atoms with Gasteiger partial charge < -0.3 is 25.1 Å². The molecule has 2 rings (SSSR count). The normalized spacial score (nSPS) is 12.4. The van der Waals surface area contributed by atoms with Gasteiger partial charge in [-0.1, -0.05) is 29.4 Å². The number of hydrogen-bond acceptors (Lipinski definition) is 6. The highest BCUT2D eigenvalue weighted by molar-refractivity contribution is 5.87. The third-order valence-corrected chi connectivity index (χ3v) is 3.93. The van der Waals surface area contributed by atoms with Gasteiger partial charge in [0.15, 0.2) is 0 Å². The van der Waals surface area contributed by atoms with Crippen LogP contribution < -0.4 is 10.1 Å². The lowest BCUT2D eigenvalue weighted by Gasteiger charge is -2.22. The molecule has 1 atom stereocenters. The van der Waals surface area contributed by atoms with E-state index in [4.69, 9.17) is 19.8 Å². The summed E-state index contributed by atoms with van der Waals surface area (Å²) in [7, 11) is 0. The van der Waals surface area contributed by atoms with E-state index in [2.05, 4.69) is 10.5 Å². The minimum absolute atomic E-state index is 0.226. The molecule has 0 saturated carbocycles. The summed E-state index contributed by atoms with van der Waals surface area (Å²) in [4.78, 5) is 22.8. The maximum absolute atomic E-state index is 11.9. The number of carboxylic acids is 1. The van der Waals surface area contributed by atoms with E-state index in [1.54, 1.807) is 45.0 Å². The van der Waals surface area contributed by atoms with E-state index in [-0.39, 0.29) is 5.56 Å². The third-order valence-electron chi connectivity index (χ3n) is 3.93. The Hall–Kier alpha value is -3.55. The van der Waals surface area contributed by atoms with Gasteiger partial charge in [0.05, 0.1) is 17.8 Å². The Morgan fingerprint density at radius 2 is 1.67 bits per heavy atom. The standard InChI is InChI=1S/C22H26N2O6/c1-22(2,3)30-21(27)24-18(13-23-28)12-15-6-10-19(11-7-15)29-14-16-4-8-17(9-5-16)20(25)26/h4-11,13,18,28H,12,14H2,1-3H3,(H,24,27)(H,25,26)/b23-13-. The van der Waals surface area contributed by atoms with Crippen LogP contribution >= 0.6 is 0 Å². The number of rotatable bonds is 8. The quantitative estimate of drug-likeness (QED) is 0.343. The van der Waals surface area contributed by atoms with Gasteiger partial charge in [0, 0.05) is 0 Å². The number of aromatic carboxylic acids is 1. The largest absolute Gasteiger partial charge is 0.489 e. The first-order valence-electron chi connectivity index (χ1n) is 9.37. The van der Waals surface area contributed by atoms with Crippen molar-refractivity contribution in [2.24, 2.45) is 5.16 Å². The number of carbonyl (C=O) groups is 2. The fraction of sp³-hybridized carbons (Fsp3) is 0.318. The number of nitrogens with zero attached hydrogens (tertiary/aromatic N) is 1. The molecule has 8 nitrogen and oxygen atoms in total. The molecule has 0 fully saturated rings. The van der Waals surface area contributed by atoms with E-state index >= 15 is 0 Å². The van der Waals surface area contributed by atoms with Crippen LogP contribution in [0.25, 0.3) is 0 Å². The van der Waals surface area contributed by atoms with Crippen LogP contribution in [0.4, 0.5) is 4.79 Å². The molecule has 8 heteroatoms. The molecule has 1 amide bonds. The first-order valence-corrected chi connectivity index (χ1v) is 9.37. The molecule has 30 heavy (non-hydrogen) atoms. The van der Waals surface area contributed by atoms with Crippen molar-refractivity contribution in [1.82, 2.24) is 5.32 Å². The molecule has 0 aliphatic carbocycles. The van der Waals surface area contributed by atoms with Gasteiger partial charge in [-0.3, -0.25) is 0 Å². The summed E-state index contributed by atoms with van der Waals surface area (Å²) in [5.74, 6) is -0.322. The summed E-state index contributed by atoms with van der Waals surface area (Å²) >= 11 is 0. The molecule has 0 spiro atoms. The molecule has 2 aromatic rings. The lowest BCUT2D eigenvalue weighted by atomic mass is 10.1. The van der Waals surface area contributed by atoms with Crippen molar-refractivity contribution >= 4 is 18.3 Å². The van der Waals surface area contributed by atoms with E-state index in [0.717, 1.165) is 11.1 Å². The summed E-state index contributed by atoms with van der Waals surface area (Å²) in [6.07, 6.45) is 1.04. The van der Waals surface area contributed by atoms with Crippen LogP contribution in [0.2, 0.25) is 0 Å². The number of oxime groups is 1. The number of nitrogens with one attached hydrogen (secondary N) is 1. The molecule has 3 N–H and O–H groups in total. The van der Waals surface area contributed by atoms with Crippen molar-refractivity contribution in [3.8, 4) is 5.75 Å². The molecule has 160 valence electrons. The Bertz CT molecular complexity index is 870. The van der Waals surface area contributed by atoms with E-state index in [1.165, 1.54) is 18.3 Å². The summed E-state index contributed by atoms with van der Waals surface area (Å²) in [6.45, 7) is 5.60. The number of amides is 1. The van der Waals surface area contributed by atoms with E-state index in [9.17, 15) is 9.59 Å². The molecule has 0 heterocycles. The lowest BCUT2D eigenvalue weighted by Crippen LogP contribution is -2.41. The van der Waals surface area contributed by atoms with Gasteiger partial charge >= 0.3 is 12.1 Å². The van der Waals surface area contributed by atoms with E-state index < -0.39 is 23.7 Å². The number of benzene rings is 2. The van der Waals surface area contributed by atoms with Crippen molar-refractivity contribution in [3.63, 3.8) is 0 Å². The summed E-state index contributed by atoms with van der Waals surface area (Å²) in [5.41, 5.74) is 1.35. The highest BCUT2D eigenvalue weighted by atomic mass is 16.6. The van der Waals surface area contributed by atoms with Crippen LogP contribution in [-0.2, 0) is 17.8 Å². The number of hydrogen-bond donors (Lipinski definition) is 3. The van der Waals surface area contributed by atoms with Gasteiger partial charge in [-0.05, 0) is 62.6 Å². The number of carbonyl (C=O) groups excluding carboxylic acids is 1. The van der Waals surface area contributed by atoms with E-state index in [0.29, 0.717) is 18.8 Å². The monoisotopic (exact) mass is 414 g/mol. The summed E-state index contributed by atoms with van der Waals surface area (Å²) < 4.78 is 10.9. The summed E-state index contributed by atoms with van der Waals surface area (Å²) in [6, 6.07) is 13.2. The molecule has 0 radical (unpaired) electrons. The van der Waals surface area contributed by atoms with Crippen molar-refractivity contribution in [1.29, 1.82) is 0 Å². The Morgan fingerprint density at radius 1 is 1.07 bits per heavy atom. The van der Waals surface area contributed by atoms with Crippen LogP contribution in [0.5, 0.6) is 5.75 Å². The Kier molecular flexibility index (Phi) is 7.80. The Balaban J connectivity index is 1.91. The van der Waals surface area contributed by atoms with Crippen molar-refractivity contribution in [2.45, 2.75) is 45.4 Å². The predicted molar refractivity (Wildman–Crippen MR) is 111 cm³/mol. The maximum Gasteiger partial charge on any atom is 0.408 e. The fourth-order valence-corrected chi connectivity index (χ4v) is 2.57. The van der Waals surface area contributed by atoms with Gasteiger partial charge in [0.25, 0.3) is 0 Å². The smallest absolute Gasteiger partial charge is 0.408 e. The number of alkyl carbamates (subject to hydrolysis) is 1. The molecular weight excluding hydrogens is 388 g/mol. The number of carboxylic acid groups (broad SMARTS) is 1. The van der Waals surface area contributed by atoms with Crippen LogP contribution in [0.15, 0.2) is 53.7 Å². The molecular formula is C22H26N2O6. The first kappa shape index (κ1) is 22.7. The van der Waals surface area contributed by atoms with Gasteiger partial charge in [-0.15, -0.1) is 0 Å². The van der Waals surface area contributed by atoms with Crippen LogP contribution in [0.1, 0.15) is 42.3 Å². The molecule has 0 aliphatic rings. The van der Waals surface area contributed by atoms with Gasteiger partial charge in [0.1, 0.15) is 18.0 Å². The summed E-state index contributed by atoms with van der Waals surface area (Å²) in [5, 5.41) is 23.5. The van der Waals surface area contributed by atoms with Crippen LogP contribution in [0, 0.1) is 0 Å². The molecule has 1 unspecified atom stereocenters. The molecule has 2 aromatic carbocycles. The fourth-order valence-electron chi connectivity index (χ4n) is 2.57. The van der Waals surface area contributed by atoms with Crippen molar-refractivity contribution in [3.05, 3.63) is 65.2 Å². The average Bonchev–Trinajstić information content (AvgIpc) is 2.66. The predicted octanol–water partition coefficient (Wildman–Crippen LogP) is 3.86. The third kappa shape index (κ3) is 7.83. The second-order valence-corrected chi connectivity index (χ2v) is 7.66. The van der Waals surface area contributed by atoms with Gasteiger partial charge in [-0.25, -0.2) is 9.59 Å². The van der Waals surface area contributed by atoms with Gasteiger partial charge in [-0.2, -0.15) is 0 Å². The zero-order valence-corrected chi connectivity index (χ0v) is 17.2. The molecule has 0 bridgehead atoms. The minimum atomic E-state index is -0.969. The maximum atomic E-state index is 11.9. The second-order valence-electron chi connectivity index (χ2n) is 7.66. The molecule has 0 saturated heterocycles. The van der Waals surface area contributed by atoms with Crippen LogP contribution in [0.3, 0.4) is 0 Å². The van der Waals surface area contributed by atoms with Crippen molar-refractivity contribution in [2.75, 3.05) is 0 Å². The number of ether oxygens (including phenoxy) is 2. The molecule has 0 aliphatic heterocycles. The lowest BCUT2D eigenvalue weighted by molar-refractivity contribution is 0.0518. The highest BCUT2D eigenvalue weighted by Crippen LogP contribution is 2.16. The van der Waals surface area contributed by atoms with Gasteiger partial charge in [0.2, 0.25) is 0 Å². The molecule has 0 aromatic heterocycles. The zero-order chi connectivity index (χ0) is 22.1. The topological polar surface area (TPSA) is 117 Å². The van der Waals surface area contributed by atoms with Crippen molar-refractivity contribution < 1.29 is 29.4 Å². The average molecular weight is 414 g/mol. The Labute approximate surface area is 175 Å². The zero-order valence-electron chi connectivity index (χ0n) is 17.2. The second kappa shape index (κ2) is 10.3. The van der Waals surface area contributed by atoms with Crippen LogP contribution in [-0.4, -0.2) is 40.2 Å². The first-order chi connectivity index (χ1) is 14.2. The highest BCUT2D eigenvalue weighted by Gasteiger charge is 2.19. The minimum Gasteiger partial charge on any atom is -0.489 e. The van der Waals surface area contributed by atoms with E-state index in [1.807, 2.05) is 12.1 Å². The SMILES string of the molecule is CC(C)(C)OC(=O)NC(/C=N\O)Cc1ccc(OCc2ccc(C(=O)O)cc2)cc1. The Morgan fingerprint density at radius 3 is 2.20 bits per heavy atom.